The van der Waals surface area contributed by atoms with Crippen molar-refractivity contribution in [3.05, 3.63) is 92.6 Å². The van der Waals surface area contributed by atoms with E-state index in [0.29, 0.717) is 30.5 Å². The molecule has 3 aromatic carbocycles. The molecule has 0 radical (unpaired) electrons. The lowest BCUT2D eigenvalue weighted by atomic mass is 9.76. The smallest absolute Gasteiger partial charge is 0.294 e. The molecule has 0 spiro atoms. The fourth-order valence-corrected chi connectivity index (χ4v) is 5.09. The molecule has 0 N–H and O–H groups in total. The molecule has 1 aliphatic carbocycles. The number of fused-ring (bicyclic) bond motifs is 1. The highest BCUT2D eigenvalue weighted by molar-refractivity contribution is 6.31. The minimum Gasteiger partial charge on any atom is -0.294 e. The summed E-state index contributed by atoms with van der Waals surface area (Å²) in [5.41, 5.74) is 2.00. The number of carbonyl (C=O) groups excluding carboxylic acids is 2. The van der Waals surface area contributed by atoms with Gasteiger partial charge in [-0.25, -0.2) is 0 Å². The number of anilines is 1. The molecular formula is C25H19ClN2O4. The first kappa shape index (κ1) is 20.4. The van der Waals surface area contributed by atoms with Crippen molar-refractivity contribution < 1.29 is 14.5 Å². The number of rotatable bonds is 3. The van der Waals surface area contributed by atoms with E-state index in [9.17, 15) is 19.7 Å². The maximum Gasteiger partial charge on any atom is 0.294 e. The van der Waals surface area contributed by atoms with E-state index in [4.69, 9.17) is 11.6 Å². The van der Waals surface area contributed by atoms with E-state index in [1.54, 1.807) is 0 Å². The molecule has 1 amide bonds. The zero-order valence-electron chi connectivity index (χ0n) is 17.1. The summed E-state index contributed by atoms with van der Waals surface area (Å²) in [5.74, 6) is -0.640. The monoisotopic (exact) mass is 446 g/mol. The summed E-state index contributed by atoms with van der Waals surface area (Å²) in [6, 6.07) is 18.1. The second kappa shape index (κ2) is 7.88. The highest BCUT2D eigenvalue weighted by atomic mass is 35.5. The van der Waals surface area contributed by atoms with Crippen LogP contribution in [-0.4, -0.2) is 16.6 Å². The van der Waals surface area contributed by atoms with E-state index in [2.05, 4.69) is 0 Å². The largest absolute Gasteiger partial charge is 0.294 e. The van der Waals surface area contributed by atoms with Gasteiger partial charge in [-0.05, 0) is 41.3 Å². The lowest BCUT2D eigenvalue weighted by Crippen LogP contribution is -2.40. The summed E-state index contributed by atoms with van der Waals surface area (Å²) in [4.78, 5) is 39.2. The number of hydrogen-bond donors (Lipinski definition) is 0. The van der Waals surface area contributed by atoms with Gasteiger partial charge < -0.3 is 0 Å². The normalized spacial score (nSPS) is 18.8. The van der Waals surface area contributed by atoms with Crippen LogP contribution in [0.5, 0.6) is 0 Å². The Hall–Kier alpha value is -3.51. The number of halogens is 1. The number of benzene rings is 3. The Morgan fingerprint density at radius 3 is 2.59 bits per heavy atom. The molecule has 0 saturated heterocycles. The standard InChI is InChI=1S/C25H19ClN2O4/c26-16-11-12-20(22(13-16)28(31)32)27-21-9-4-10-23(29)25(21)19(14-24(27)30)18-8-3-6-15-5-1-2-7-17(15)18/h1-3,5-8,11-13,19H,4,9-10,14H2. The molecule has 2 aliphatic rings. The third-order valence-electron chi connectivity index (χ3n) is 6.25. The van der Waals surface area contributed by atoms with Crippen molar-refractivity contribution in [2.75, 3.05) is 4.90 Å². The van der Waals surface area contributed by atoms with Crippen molar-refractivity contribution in [1.82, 2.24) is 0 Å². The Kier molecular flexibility index (Phi) is 5.02. The predicted molar refractivity (Wildman–Crippen MR) is 123 cm³/mol. The third kappa shape index (κ3) is 3.28. The number of allylic oxidation sites excluding steroid dienone is 2. The van der Waals surface area contributed by atoms with Crippen molar-refractivity contribution in [2.45, 2.75) is 31.6 Å². The minimum absolute atomic E-state index is 0.00157. The van der Waals surface area contributed by atoms with Crippen molar-refractivity contribution in [2.24, 2.45) is 0 Å². The first-order valence-electron chi connectivity index (χ1n) is 10.5. The Bertz CT molecular complexity index is 1330. The zero-order chi connectivity index (χ0) is 22.4. The van der Waals surface area contributed by atoms with Crippen LogP contribution in [0.25, 0.3) is 10.8 Å². The number of hydrogen-bond acceptors (Lipinski definition) is 4. The second-order valence-electron chi connectivity index (χ2n) is 8.08. The van der Waals surface area contributed by atoms with Gasteiger partial charge in [0.15, 0.2) is 5.78 Å². The highest BCUT2D eigenvalue weighted by Crippen LogP contribution is 2.46. The van der Waals surface area contributed by atoms with Crippen LogP contribution in [0.4, 0.5) is 11.4 Å². The van der Waals surface area contributed by atoms with Crippen LogP contribution in [-0.2, 0) is 9.59 Å². The second-order valence-corrected chi connectivity index (χ2v) is 8.52. The molecule has 1 aliphatic heterocycles. The van der Waals surface area contributed by atoms with E-state index < -0.39 is 4.92 Å². The Balaban J connectivity index is 1.73. The van der Waals surface area contributed by atoms with Crippen LogP contribution < -0.4 is 4.90 Å². The van der Waals surface area contributed by atoms with Crippen LogP contribution in [0.1, 0.15) is 37.2 Å². The third-order valence-corrected chi connectivity index (χ3v) is 6.48. The molecule has 0 bridgehead atoms. The first-order valence-corrected chi connectivity index (χ1v) is 10.8. The molecule has 0 fully saturated rings. The average molecular weight is 447 g/mol. The Labute approximate surface area is 189 Å². The van der Waals surface area contributed by atoms with Crippen molar-refractivity contribution >= 4 is 45.4 Å². The van der Waals surface area contributed by atoms with Crippen LogP contribution >= 0.6 is 11.6 Å². The maximum atomic E-state index is 13.5. The van der Waals surface area contributed by atoms with Crippen LogP contribution in [0.2, 0.25) is 5.02 Å². The predicted octanol–water partition coefficient (Wildman–Crippen LogP) is 5.93. The Morgan fingerprint density at radius 2 is 1.78 bits per heavy atom. The molecular weight excluding hydrogens is 428 g/mol. The SMILES string of the molecule is O=C1CCCC2=C1C(c1cccc3ccccc13)CC(=O)N2c1ccc(Cl)cc1[N+](=O)[O-]. The molecule has 160 valence electrons. The lowest BCUT2D eigenvalue weighted by Gasteiger charge is -2.38. The van der Waals surface area contributed by atoms with Crippen LogP contribution in [0.15, 0.2) is 71.9 Å². The van der Waals surface area contributed by atoms with Gasteiger partial charge in [-0.1, -0.05) is 54.1 Å². The highest BCUT2D eigenvalue weighted by Gasteiger charge is 2.41. The van der Waals surface area contributed by atoms with Crippen molar-refractivity contribution in [1.29, 1.82) is 0 Å². The molecule has 1 atom stereocenters. The van der Waals surface area contributed by atoms with Gasteiger partial charge in [0, 0.05) is 41.1 Å². The van der Waals surface area contributed by atoms with Gasteiger partial charge in [0.1, 0.15) is 5.69 Å². The lowest BCUT2D eigenvalue weighted by molar-refractivity contribution is -0.384. The molecule has 0 saturated carbocycles. The summed E-state index contributed by atoms with van der Waals surface area (Å²) in [7, 11) is 0. The number of nitro benzene ring substituents is 1. The van der Waals surface area contributed by atoms with Gasteiger partial charge in [-0.15, -0.1) is 0 Å². The number of ketones is 1. The summed E-state index contributed by atoms with van der Waals surface area (Å²) in [6.45, 7) is 0. The number of nitrogens with zero attached hydrogens (tertiary/aromatic N) is 2. The molecule has 32 heavy (non-hydrogen) atoms. The van der Waals surface area contributed by atoms with E-state index in [0.717, 1.165) is 16.3 Å². The van der Waals surface area contributed by atoms with Gasteiger partial charge in [0.05, 0.1) is 4.92 Å². The number of amides is 1. The fraction of sp³-hybridized carbons (Fsp3) is 0.200. The summed E-state index contributed by atoms with van der Waals surface area (Å²) >= 11 is 5.98. The van der Waals surface area contributed by atoms with Gasteiger partial charge in [-0.3, -0.25) is 24.6 Å². The van der Waals surface area contributed by atoms with Crippen molar-refractivity contribution in [3.8, 4) is 0 Å². The molecule has 1 heterocycles. The average Bonchev–Trinajstić information content (AvgIpc) is 2.78. The topological polar surface area (TPSA) is 80.5 Å². The Morgan fingerprint density at radius 1 is 1.00 bits per heavy atom. The molecule has 3 aromatic rings. The molecule has 0 aromatic heterocycles. The van der Waals surface area contributed by atoms with Gasteiger partial charge in [0.25, 0.3) is 5.69 Å². The summed E-state index contributed by atoms with van der Waals surface area (Å²) < 4.78 is 0. The van der Waals surface area contributed by atoms with Crippen LogP contribution in [0, 0.1) is 10.1 Å². The molecule has 5 rings (SSSR count). The van der Waals surface area contributed by atoms with Crippen LogP contribution in [0.3, 0.4) is 0 Å². The molecule has 7 heteroatoms. The number of nitro groups is 1. The van der Waals surface area contributed by atoms with Crippen molar-refractivity contribution in [3.63, 3.8) is 0 Å². The number of carbonyl (C=O) groups is 2. The minimum atomic E-state index is -0.545. The first-order chi connectivity index (χ1) is 15.5. The summed E-state index contributed by atoms with van der Waals surface area (Å²) in [5, 5.41) is 14.0. The van der Waals surface area contributed by atoms with E-state index >= 15 is 0 Å². The molecule has 6 nitrogen and oxygen atoms in total. The zero-order valence-corrected chi connectivity index (χ0v) is 17.8. The van der Waals surface area contributed by atoms with Gasteiger partial charge in [0.2, 0.25) is 5.91 Å². The van der Waals surface area contributed by atoms with Gasteiger partial charge in [-0.2, -0.15) is 0 Å². The molecule has 1 unspecified atom stereocenters. The quantitative estimate of drug-likeness (QED) is 0.369. The van der Waals surface area contributed by atoms with Gasteiger partial charge >= 0.3 is 0 Å². The number of Topliss-reactive ketones (excluding diaryl/α,β-unsaturated/α-hetero) is 1. The van der Waals surface area contributed by atoms with E-state index in [1.165, 1.54) is 23.1 Å². The fourth-order valence-electron chi connectivity index (χ4n) is 4.92. The maximum absolute atomic E-state index is 13.5. The van der Waals surface area contributed by atoms with E-state index in [-0.39, 0.29) is 40.4 Å². The van der Waals surface area contributed by atoms with E-state index in [1.807, 2.05) is 42.5 Å². The summed E-state index contributed by atoms with van der Waals surface area (Å²) in [6.07, 6.45) is 1.59.